The van der Waals surface area contributed by atoms with Gasteiger partial charge in [0.15, 0.2) is 5.96 Å². The fourth-order valence-electron chi connectivity index (χ4n) is 3.61. The van der Waals surface area contributed by atoms with Gasteiger partial charge in [-0.15, -0.1) is 0 Å². The summed E-state index contributed by atoms with van der Waals surface area (Å²) in [5.74, 6) is 1.000. The summed E-state index contributed by atoms with van der Waals surface area (Å²) < 4.78 is 0. The van der Waals surface area contributed by atoms with Crippen molar-refractivity contribution in [3.63, 3.8) is 0 Å². The molecule has 0 heterocycles. The molecule has 138 valence electrons. The van der Waals surface area contributed by atoms with Crippen LogP contribution in [0.4, 0.5) is 0 Å². The Morgan fingerprint density at radius 1 is 1.08 bits per heavy atom. The van der Waals surface area contributed by atoms with Crippen molar-refractivity contribution < 1.29 is 4.79 Å². The predicted molar refractivity (Wildman–Crippen MR) is 104 cm³/mol. The molecule has 2 saturated carbocycles. The van der Waals surface area contributed by atoms with Crippen molar-refractivity contribution in [1.82, 2.24) is 16.0 Å². The second-order valence-electron chi connectivity index (χ2n) is 6.93. The molecule has 0 aromatic heterocycles. The molecule has 0 saturated heterocycles. The third-order valence-electron chi connectivity index (χ3n) is 4.98. The van der Waals surface area contributed by atoms with Crippen molar-refractivity contribution in [1.29, 1.82) is 0 Å². The fraction of sp³-hybridized carbons (Fsp3) is 0.889. The van der Waals surface area contributed by atoms with E-state index >= 15 is 0 Å². The number of thioether (sulfide) groups is 1. The molecule has 0 aromatic rings. The van der Waals surface area contributed by atoms with Crippen LogP contribution < -0.4 is 16.0 Å². The van der Waals surface area contributed by atoms with E-state index in [4.69, 9.17) is 0 Å². The van der Waals surface area contributed by atoms with E-state index in [1.165, 1.54) is 38.5 Å². The molecule has 3 N–H and O–H groups in total. The largest absolute Gasteiger partial charge is 0.357 e. The number of carbonyl (C=O) groups excluding carboxylic acids is 1. The van der Waals surface area contributed by atoms with Crippen LogP contribution in [0.5, 0.6) is 0 Å². The average Bonchev–Trinajstić information content (AvgIpc) is 3.03. The highest BCUT2D eigenvalue weighted by molar-refractivity contribution is 7.99. The highest BCUT2D eigenvalue weighted by Crippen LogP contribution is 2.28. The number of carbonyl (C=O) groups is 1. The zero-order valence-corrected chi connectivity index (χ0v) is 16.1. The molecule has 2 fully saturated rings. The molecule has 5 nitrogen and oxygen atoms in total. The summed E-state index contributed by atoms with van der Waals surface area (Å²) in [4.78, 5) is 16.6. The Labute approximate surface area is 151 Å². The Balaban J connectivity index is 1.70. The summed E-state index contributed by atoms with van der Waals surface area (Å²) in [5, 5.41) is 10.8. The molecule has 2 rings (SSSR count). The summed E-state index contributed by atoms with van der Waals surface area (Å²) in [6, 6.07) is 0.903. The SMILES string of the molecule is CCNC(=NCCC(=O)NC1CCCCC1)NC1CCC(SC)C1. The van der Waals surface area contributed by atoms with Gasteiger partial charge in [0, 0.05) is 30.3 Å². The number of hydrogen-bond donors (Lipinski definition) is 3. The Morgan fingerprint density at radius 2 is 1.88 bits per heavy atom. The van der Waals surface area contributed by atoms with Gasteiger partial charge in [-0.2, -0.15) is 11.8 Å². The van der Waals surface area contributed by atoms with E-state index in [0.717, 1.165) is 30.6 Å². The van der Waals surface area contributed by atoms with Crippen LogP contribution in [0.25, 0.3) is 0 Å². The first-order chi connectivity index (χ1) is 11.7. The minimum Gasteiger partial charge on any atom is -0.357 e. The van der Waals surface area contributed by atoms with Crippen LogP contribution in [0.1, 0.15) is 64.7 Å². The van der Waals surface area contributed by atoms with Gasteiger partial charge in [-0.3, -0.25) is 9.79 Å². The maximum Gasteiger partial charge on any atom is 0.222 e. The van der Waals surface area contributed by atoms with Gasteiger partial charge < -0.3 is 16.0 Å². The first kappa shape index (κ1) is 19.4. The molecule has 0 aliphatic heterocycles. The summed E-state index contributed by atoms with van der Waals surface area (Å²) in [7, 11) is 0. The standard InChI is InChI=1S/C18H34N4OS/c1-3-19-18(22-15-9-10-16(13-15)24-2)20-12-11-17(23)21-14-7-5-4-6-8-14/h14-16H,3-13H2,1-2H3,(H,21,23)(H2,19,20,22). The summed E-state index contributed by atoms with van der Waals surface area (Å²) in [6.07, 6.45) is 12.4. The van der Waals surface area contributed by atoms with Crippen molar-refractivity contribution in [2.45, 2.75) is 82.0 Å². The third kappa shape index (κ3) is 6.91. The molecule has 0 radical (unpaired) electrons. The van der Waals surface area contributed by atoms with Crippen molar-refractivity contribution in [2.75, 3.05) is 19.3 Å². The van der Waals surface area contributed by atoms with Crippen LogP contribution in [0.2, 0.25) is 0 Å². The Hall–Kier alpha value is -0.910. The lowest BCUT2D eigenvalue weighted by Gasteiger charge is -2.22. The number of nitrogens with zero attached hydrogens (tertiary/aromatic N) is 1. The maximum absolute atomic E-state index is 12.1. The van der Waals surface area contributed by atoms with E-state index in [1.807, 2.05) is 11.8 Å². The maximum atomic E-state index is 12.1. The molecule has 2 aliphatic carbocycles. The van der Waals surface area contributed by atoms with Crippen molar-refractivity contribution in [3.8, 4) is 0 Å². The molecule has 2 aliphatic rings. The van der Waals surface area contributed by atoms with Gasteiger partial charge in [-0.25, -0.2) is 0 Å². The van der Waals surface area contributed by atoms with E-state index in [9.17, 15) is 4.79 Å². The van der Waals surface area contributed by atoms with Crippen LogP contribution in [0.15, 0.2) is 4.99 Å². The zero-order valence-electron chi connectivity index (χ0n) is 15.3. The molecule has 2 unspecified atom stereocenters. The molecule has 0 aromatic carbocycles. The quantitative estimate of drug-likeness (QED) is 0.486. The van der Waals surface area contributed by atoms with Gasteiger partial charge in [-0.1, -0.05) is 19.3 Å². The van der Waals surface area contributed by atoms with Gasteiger partial charge in [-0.05, 0) is 45.3 Å². The van der Waals surface area contributed by atoms with Crippen LogP contribution in [-0.4, -0.2) is 48.5 Å². The van der Waals surface area contributed by atoms with Crippen molar-refractivity contribution in [2.24, 2.45) is 4.99 Å². The predicted octanol–water partition coefficient (Wildman–Crippen LogP) is 2.66. The van der Waals surface area contributed by atoms with Gasteiger partial charge in [0.05, 0.1) is 6.54 Å². The second kappa shape index (κ2) is 10.9. The van der Waals surface area contributed by atoms with E-state index in [2.05, 4.69) is 34.1 Å². The lowest BCUT2D eigenvalue weighted by molar-refractivity contribution is -0.121. The van der Waals surface area contributed by atoms with E-state index < -0.39 is 0 Å². The molecule has 24 heavy (non-hydrogen) atoms. The van der Waals surface area contributed by atoms with Gasteiger partial charge >= 0.3 is 0 Å². The van der Waals surface area contributed by atoms with Crippen LogP contribution in [0, 0.1) is 0 Å². The topological polar surface area (TPSA) is 65.5 Å². The van der Waals surface area contributed by atoms with Gasteiger partial charge in [0.2, 0.25) is 5.91 Å². The lowest BCUT2D eigenvalue weighted by Crippen LogP contribution is -2.43. The average molecular weight is 355 g/mol. The van der Waals surface area contributed by atoms with Crippen LogP contribution >= 0.6 is 11.8 Å². The minimum absolute atomic E-state index is 0.143. The van der Waals surface area contributed by atoms with E-state index in [1.54, 1.807) is 0 Å². The molecule has 2 atom stereocenters. The molecule has 6 heteroatoms. The fourth-order valence-corrected chi connectivity index (χ4v) is 4.41. The zero-order chi connectivity index (χ0) is 17.2. The highest BCUT2D eigenvalue weighted by Gasteiger charge is 2.24. The van der Waals surface area contributed by atoms with E-state index in [0.29, 0.717) is 25.0 Å². The molecular weight excluding hydrogens is 320 g/mol. The van der Waals surface area contributed by atoms with Gasteiger partial charge in [0.1, 0.15) is 0 Å². The minimum atomic E-state index is 0.143. The first-order valence-electron chi connectivity index (χ1n) is 9.58. The van der Waals surface area contributed by atoms with Gasteiger partial charge in [0.25, 0.3) is 0 Å². The van der Waals surface area contributed by atoms with Crippen molar-refractivity contribution >= 4 is 23.6 Å². The summed E-state index contributed by atoms with van der Waals surface area (Å²) in [5.41, 5.74) is 0. The van der Waals surface area contributed by atoms with Crippen LogP contribution in [0.3, 0.4) is 0 Å². The normalized spacial score (nSPS) is 25.5. The van der Waals surface area contributed by atoms with Crippen LogP contribution in [-0.2, 0) is 4.79 Å². The number of rotatable bonds is 7. The molecule has 1 amide bonds. The molecular formula is C18H34N4OS. The highest BCUT2D eigenvalue weighted by atomic mass is 32.2. The number of guanidine groups is 1. The number of aliphatic imine (C=N–C) groups is 1. The monoisotopic (exact) mass is 354 g/mol. The second-order valence-corrected chi connectivity index (χ2v) is 8.06. The smallest absolute Gasteiger partial charge is 0.222 e. The first-order valence-corrected chi connectivity index (χ1v) is 10.9. The molecule has 0 spiro atoms. The number of amides is 1. The Morgan fingerprint density at radius 3 is 2.54 bits per heavy atom. The van der Waals surface area contributed by atoms with E-state index in [-0.39, 0.29) is 5.91 Å². The van der Waals surface area contributed by atoms with Crippen molar-refractivity contribution in [3.05, 3.63) is 0 Å². The number of nitrogens with one attached hydrogen (secondary N) is 3. The summed E-state index contributed by atoms with van der Waals surface area (Å²) >= 11 is 1.96. The lowest BCUT2D eigenvalue weighted by atomic mass is 9.95. The Kier molecular flexibility index (Phi) is 8.78. The summed E-state index contributed by atoms with van der Waals surface area (Å²) in [6.45, 7) is 3.47. The Bertz CT molecular complexity index is 410. The molecule has 0 bridgehead atoms. The number of hydrogen-bond acceptors (Lipinski definition) is 3. The third-order valence-corrected chi connectivity index (χ3v) is 6.08.